The SMILES string of the molecule is CC(CNC(=O)c1cn[nH]c1N)CN1CCOCC1. The highest BCUT2D eigenvalue weighted by Crippen LogP contribution is 2.06. The predicted octanol–water partition coefficient (Wildman–Crippen LogP) is -0.310. The highest BCUT2D eigenvalue weighted by molar-refractivity contribution is 5.98. The van der Waals surface area contributed by atoms with E-state index in [1.807, 2.05) is 0 Å². The lowest BCUT2D eigenvalue weighted by Gasteiger charge is -2.29. The van der Waals surface area contributed by atoms with E-state index in [-0.39, 0.29) is 5.91 Å². The molecule has 1 fully saturated rings. The maximum Gasteiger partial charge on any atom is 0.256 e. The van der Waals surface area contributed by atoms with Gasteiger partial charge in [-0.15, -0.1) is 0 Å². The molecule has 7 nitrogen and oxygen atoms in total. The van der Waals surface area contributed by atoms with Crippen LogP contribution in [0.1, 0.15) is 17.3 Å². The summed E-state index contributed by atoms with van der Waals surface area (Å²) in [4.78, 5) is 14.2. The van der Waals surface area contributed by atoms with Gasteiger partial charge in [0.25, 0.3) is 5.91 Å². The second-order valence-corrected chi connectivity index (χ2v) is 4.93. The third kappa shape index (κ3) is 3.93. The summed E-state index contributed by atoms with van der Waals surface area (Å²) in [5.74, 6) is 0.508. The minimum absolute atomic E-state index is 0.180. The summed E-state index contributed by atoms with van der Waals surface area (Å²) in [5.41, 5.74) is 6.00. The zero-order valence-corrected chi connectivity index (χ0v) is 11.2. The van der Waals surface area contributed by atoms with Crippen molar-refractivity contribution in [1.29, 1.82) is 0 Å². The van der Waals surface area contributed by atoms with Gasteiger partial charge in [-0.1, -0.05) is 6.92 Å². The first-order chi connectivity index (χ1) is 9.16. The molecule has 106 valence electrons. The van der Waals surface area contributed by atoms with E-state index in [1.165, 1.54) is 6.20 Å². The number of rotatable bonds is 5. The smallest absolute Gasteiger partial charge is 0.256 e. The van der Waals surface area contributed by atoms with Crippen LogP contribution >= 0.6 is 0 Å². The molecule has 2 heterocycles. The monoisotopic (exact) mass is 267 g/mol. The molecule has 0 saturated carbocycles. The molecule has 4 N–H and O–H groups in total. The standard InChI is InChI=1S/C12H21N5O2/c1-9(8-17-2-4-19-5-3-17)6-14-12(18)10-7-15-16-11(10)13/h7,9H,2-6,8H2,1H3,(H,14,18)(H3,13,15,16). The van der Waals surface area contributed by atoms with Crippen molar-refractivity contribution in [2.75, 3.05) is 45.1 Å². The van der Waals surface area contributed by atoms with Gasteiger partial charge in [-0.25, -0.2) is 0 Å². The number of aromatic nitrogens is 2. The fourth-order valence-corrected chi connectivity index (χ4v) is 2.13. The summed E-state index contributed by atoms with van der Waals surface area (Å²) in [5, 5.41) is 9.16. The van der Waals surface area contributed by atoms with Crippen molar-refractivity contribution in [2.45, 2.75) is 6.92 Å². The zero-order chi connectivity index (χ0) is 13.7. The van der Waals surface area contributed by atoms with Crippen molar-refractivity contribution in [3.63, 3.8) is 0 Å². The third-order valence-electron chi connectivity index (χ3n) is 3.20. The van der Waals surface area contributed by atoms with Gasteiger partial charge in [0.05, 0.1) is 19.4 Å². The highest BCUT2D eigenvalue weighted by atomic mass is 16.5. The molecular weight excluding hydrogens is 246 g/mol. The molecule has 1 aromatic heterocycles. The van der Waals surface area contributed by atoms with Gasteiger partial charge in [-0.3, -0.25) is 14.8 Å². The largest absolute Gasteiger partial charge is 0.383 e. The van der Waals surface area contributed by atoms with Crippen LogP contribution in [0.15, 0.2) is 6.20 Å². The minimum Gasteiger partial charge on any atom is -0.383 e. The molecule has 1 aliphatic rings. The molecule has 0 spiro atoms. The Morgan fingerprint density at radius 2 is 2.37 bits per heavy atom. The normalized spacial score (nSPS) is 18.2. The molecule has 1 saturated heterocycles. The summed E-state index contributed by atoms with van der Waals surface area (Å²) in [7, 11) is 0. The van der Waals surface area contributed by atoms with Crippen LogP contribution in [0.5, 0.6) is 0 Å². The van der Waals surface area contributed by atoms with Crippen LogP contribution in [0.3, 0.4) is 0 Å². The second kappa shape index (κ2) is 6.53. The number of hydrogen-bond donors (Lipinski definition) is 3. The van der Waals surface area contributed by atoms with E-state index in [2.05, 4.69) is 27.3 Å². The van der Waals surface area contributed by atoms with Crippen LogP contribution in [-0.2, 0) is 4.74 Å². The fourth-order valence-electron chi connectivity index (χ4n) is 2.13. The maximum atomic E-state index is 11.8. The van der Waals surface area contributed by atoms with Crippen molar-refractivity contribution in [3.05, 3.63) is 11.8 Å². The van der Waals surface area contributed by atoms with Gasteiger partial charge in [0, 0.05) is 26.2 Å². The number of amides is 1. The molecule has 1 atom stereocenters. The number of carbonyl (C=O) groups is 1. The summed E-state index contributed by atoms with van der Waals surface area (Å²) < 4.78 is 5.31. The number of aromatic amines is 1. The van der Waals surface area contributed by atoms with Crippen LogP contribution in [0, 0.1) is 5.92 Å². The average Bonchev–Trinajstić information content (AvgIpc) is 2.83. The molecule has 0 radical (unpaired) electrons. The minimum atomic E-state index is -0.180. The van der Waals surface area contributed by atoms with Crippen molar-refractivity contribution in [1.82, 2.24) is 20.4 Å². The first kappa shape index (κ1) is 13.8. The second-order valence-electron chi connectivity index (χ2n) is 4.93. The topological polar surface area (TPSA) is 96.3 Å². The number of hydrogen-bond acceptors (Lipinski definition) is 5. The van der Waals surface area contributed by atoms with Gasteiger partial charge in [0.2, 0.25) is 0 Å². The van der Waals surface area contributed by atoms with Gasteiger partial charge >= 0.3 is 0 Å². The van der Waals surface area contributed by atoms with E-state index < -0.39 is 0 Å². The first-order valence-corrected chi connectivity index (χ1v) is 6.54. The Hall–Kier alpha value is -1.60. The molecule has 1 aliphatic heterocycles. The molecule has 0 aromatic carbocycles. The van der Waals surface area contributed by atoms with Crippen molar-refractivity contribution in [2.24, 2.45) is 5.92 Å². The van der Waals surface area contributed by atoms with Gasteiger partial charge in [-0.2, -0.15) is 5.10 Å². The predicted molar refractivity (Wildman–Crippen MR) is 71.8 cm³/mol. The molecule has 2 rings (SSSR count). The third-order valence-corrected chi connectivity index (χ3v) is 3.20. The van der Waals surface area contributed by atoms with Crippen molar-refractivity contribution in [3.8, 4) is 0 Å². The summed E-state index contributed by atoms with van der Waals surface area (Å²) in [6.07, 6.45) is 1.44. The molecule has 1 aromatic rings. The molecule has 1 amide bonds. The van der Waals surface area contributed by atoms with E-state index in [0.29, 0.717) is 23.8 Å². The molecule has 1 unspecified atom stereocenters. The van der Waals surface area contributed by atoms with Crippen LogP contribution < -0.4 is 11.1 Å². The Balaban J connectivity index is 1.72. The Labute approximate surface area is 112 Å². The number of carbonyl (C=O) groups excluding carboxylic acids is 1. The van der Waals surface area contributed by atoms with Gasteiger partial charge < -0.3 is 15.8 Å². The summed E-state index contributed by atoms with van der Waals surface area (Å²) in [6, 6.07) is 0. The van der Waals surface area contributed by atoms with E-state index in [1.54, 1.807) is 0 Å². The highest BCUT2D eigenvalue weighted by Gasteiger charge is 2.16. The number of nitrogens with two attached hydrogens (primary N) is 1. The zero-order valence-electron chi connectivity index (χ0n) is 11.2. The number of ether oxygens (including phenoxy) is 1. The van der Waals surface area contributed by atoms with Crippen LogP contribution in [0.4, 0.5) is 5.82 Å². The number of nitrogens with zero attached hydrogens (tertiary/aromatic N) is 2. The molecular formula is C12H21N5O2. The Morgan fingerprint density at radius 3 is 3.00 bits per heavy atom. The molecule has 7 heteroatoms. The van der Waals surface area contributed by atoms with Gasteiger partial charge in [0.1, 0.15) is 11.4 Å². The lowest BCUT2D eigenvalue weighted by Crippen LogP contribution is -2.41. The van der Waals surface area contributed by atoms with Crippen LogP contribution in [0.2, 0.25) is 0 Å². The first-order valence-electron chi connectivity index (χ1n) is 6.54. The number of morpholine rings is 1. The maximum absolute atomic E-state index is 11.8. The summed E-state index contributed by atoms with van der Waals surface area (Å²) >= 11 is 0. The number of anilines is 1. The van der Waals surface area contributed by atoms with Gasteiger partial charge in [-0.05, 0) is 5.92 Å². The van der Waals surface area contributed by atoms with Gasteiger partial charge in [0.15, 0.2) is 0 Å². The van der Waals surface area contributed by atoms with Crippen molar-refractivity contribution >= 4 is 11.7 Å². The lowest BCUT2D eigenvalue weighted by molar-refractivity contribution is 0.0317. The number of nitrogens with one attached hydrogen (secondary N) is 2. The van der Waals surface area contributed by atoms with Crippen LogP contribution in [-0.4, -0.2) is 60.4 Å². The van der Waals surface area contributed by atoms with E-state index >= 15 is 0 Å². The Bertz CT molecular complexity index is 414. The van der Waals surface area contributed by atoms with E-state index in [4.69, 9.17) is 10.5 Å². The average molecular weight is 267 g/mol. The quantitative estimate of drug-likeness (QED) is 0.680. The van der Waals surface area contributed by atoms with Crippen molar-refractivity contribution < 1.29 is 9.53 Å². The molecule has 0 aliphatic carbocycles. The molecule has 19 heavy (non-hydrogen) atoms. The van der Waals surface area contributed by atoms with E-state index in [0.717, 1.165) is 32.8 Å². The number of nitrogen functional groups attached to an aromatic ring is 1. The Morgan fingerprint density at radius 1 is 1.63 bits per heavy atom. The lowest BCUT2D eigenvalue weighted by atomic mass is 10.1. The van der Waals surface area contributed by atoms with Crippen LogP contribution in [0.25, 0.3) is 0 Å². The number of H-pyrrole nitrogens is 1. The molecule has 0 bridgehead atoms. The van der Waals surface area contributed by atoms with E-state index in [9.17, 15) is 4.79 Å². The Kier molecular flexibility index (Phi) is 4.75. The summed E-state index contributed by atoms with van der Waals surface area (Å²) in [6.45, 7) is 7.23. The fraction of sp³-hybridized carbons (Fsp3) is 0.667.